The van der Waals surface area contributed by atoms with Gasteiger partial charge >= 0.3 is 0 Å². The summed E-state index contributed by atoms with van der Waals surface area (Å²) in [6.45, 7) is 3.05. The standard InChI is InChI=1S/C25H29ClN2O6/c1-6-34-18-11-10-15(14-17(18)26)22(29)20-21(16-8-7-9-19(32-4)24(16)33-5)28(13-12-27(2)3)25(31)23(20)30/h7-11,14,21,29H,6,12-13H2,1-5H3/b22-20+/t21-/m0/s1. The minimum atomic E-state index is -0.879. The lowest BCUT2D eigenvalue weighted by molar-refractivity contribution is -0.140. The van der Waals surface area contributed by atoms with Crippen molar-refractivity contribution in [2.24, 2.45) is 0 Å². The highest BCUT2D eigenvalue weighted by molar-refractivity contribution is 6.46. The number of halogens is 1. The van der Waals surface area contributed by atoms with E-state index in [1.165, 1.54) is 25.2 Å². The van der Waals surface area contributed by atoms with Crippen LogP contribution in [0.5, 0.6) is 17.2 Å². The zero-order valence-corrected chi connectivity index (χ0v) is 20.7. The summed E-state index contributed by atoms with van der Waals surface area (Å²) in [7, 11) is 6.74. The highest BCUT2D eigenvalue weighted by Crippen LogP contribution is 2.45. The fourth-order valence-electron chi connectivity index (χ4n) is 3.95. The molecule has 1 aliphatic rings. The zero-order valence-electron chi connectivity index (χ0n) is 19.9. The number of para-hydroxylation sites is 1. The molecule has 182 valence electrons. The van der Waals surface area contributed by atoms with E-state index in [1.807, 2.05) is 25.9 Å². The van der Waals surface area contributed by atoms with Gasteiger partial charge in [-0.2, -0.15) is 0 Å². The van der Waals surface area contributed by atoms with Gasteiger partial charge in [-0.05, 0) is 45.3 Å². The van der Waals surface area contributed by atoms with Crippen LogP contribution in [0.25, 0.3) is 5.76 Å². The number of nitrogens with zero attached hydrogens (tertiary/aromatic N) is 2. The van der Waals surface area contributed by atoms with Crippen molar-refractivity contribution in [2.45, 2.75) is 13.0 Å². The SMILES string of the molecule is CCOc1ccc(/C(O)=C2\C(=O)C(=O)N(CCN(C)C)[C@H]2c2cccc(OC)c2OC)cc1Cl. The second-order valence-corrected chi connectivity index (χ2v) is 8.36. The van der Waals surface area contributed by atoms with Gasteiger partial charge in [-0.25, -0.2) is 0 Å². The van der Waals surface area contributed by atoms with Crippen molar-refractivity contribution in [1.29, 1.82) is 0 Å². The summed E-state index contributed by atoms with van der Waals surface area (Å²) in [6, 6.07) is 9.06. The molecular weight excluding hydrogens is 460 g/mol. The van der Waals surface area contributed by atoms with Crippen LogP contribution in [-0.4, -0.2) is 74.6 Å². The summed E-state index contributed by atoms with van der Waals surface area (Å²) in [5.74, 6) is -0.528. The maximum atomic E-state index is 13.2. The predicted octanol–water partition coefficient (Wildman–Crippen LogP) is 3.74. The number of ether oxygens (including phenoxy) is 3. The van der Waals surface area contributed by atoms with Crippen LogP contribution < -0.4 is 14.2 Å². The minimum absolute atomic E-state index is 0.0458. The number of hydrogen-bond donors (Lipinski definition) is 1. The molecule has 1 heterocycles. The molecular formula is C25H29ClN2O6. The van der Waals surface area contributed by atoms with Gasteiger partial charge in [0.15, 0.2) is 11.5 Å². The molecule has 0 radical (unpaired) electrons. The van der Waals surface area contributed by atoms with E-state index < -0.39 is 17.7 Å². The molecule has 9 heteroatoms. The molecule has 0 bridgehead atoms. The van der Waals surface area contributed by atoms with Crippen LogP contribution in [0.15, 0.2) is 42.0 Å². The van der Waals surface area contributed by atoms with Crippen LogP contribution in [0.1, 0.15) is 24.1 Å². The number of aliphatic hydroxyl groups excluding tert-OH is 1. The molecule has 2 aromatic rings. The van der Waals surface area contributed by atoms with Crippen LogP contribution in [0.4, 0.5) is 0 Å². The highest BCUT2D eigenvalue weighted by Gasteiger charge is 2.47. The van der Waals surface area contributed by atoms with Gasteiger partial charge in [0.25, 0.3) is 11.7 Å². The number of likely N-dealkylation sites (N-methyl/N-ethyl adjacent to an activating group) is 1. The maximum Gasteiger partial charge on any atom is 0.295 e. The average molecular weight is 489 g/mol. The molecule has 1 aliphatic heterocycles. The van der Waals surface area contributed by atoms with E-state index in [0.29, 0.717) is 41.5 Å². The van der Waals surface area contributed by atoms with Crippen molar-refractivity contribution >= 4 is 29.1 Å². The third kappa shape index (κ3) is 4.83. The highest BCUT2D eigenvalue weighted by atomic mass is 35.5. The van der Waals surface area contributed by atoms with E-state index in [4.69, 9.17) is 25.8 Å². The largest absolute Gasteiger partial charge is 0.507 e. The van der Waals surface area contributed by atoms with Gasteiger partial charge in [0.1, 0.15) is 11.5 Å². The molecule has 1 amide bonds. The lowest BCUT2D eigenvalue weighted by atomic mass is 9.94. The molecule has 0 unspecified atom stereocenters. The molecule has 0 aliphatic carbocycles. The lowest BCUT2D eigenvalue weighted by Crippen LogP contribution is -2.35. The van der Waals surface area contributed by atoms with Crippen LogP contribution in [0.3, 0.4) is 0 Å². The van der Waals surface area contributed by atoms with Gasteiger partial charge in [0, 0.05) is 24.2 Å². The van der Waals surface area contributed by atoms with Crippen LogP contribution >= 0.6 is 11.6 Å². The number of benzene rings is 2. The summed E-state index contributed by atoms with van der Waals surface area (Å²) >= 11 is 6.31. The summed E-state index contributed by atoms with van der Waals surface area (Å²) in [4.78, 5) is 29.7. The predicted molar refractivity (Wildman–Crippen MR) is 130 cm³/mol. The smallest absolute Gasteiger partial charge is 0.295 e. The Morgan fingerprint density at radius 2 is 1.85 bits per heavy atom. The summed E-state index contributed by atoms with van der Waals surface area (Å²) in [5, 5.41) is 11.5. The van der Waals surface area contributed by atoms with Crippen molar-refractivity contribution in [3.8, 4) is 17.2 Å². The van der Waals surface area contributed by atoms with Crippen molar-refractivity contribution in [3.63, 3.8) is 0 Å². The van der Waals surface area contributed by atoms with Crippen LogP contribution in [-0.2, 0) is 9.59 Å². The molecule has 0 spiro atoms. The quantitative estimate of drug-likeness (QED) is 0.327. The normalized spacial score (nSPS) is 17.4. The molecule has 0 saturated carbocycles. The fourth-order valence-corrected chi connectivity index (χ4v) is 4.18. The third-order valence-corrected chi connectivity index (χ3v) is 5.86. The molecule has 2 aromatic carbocycles. The van der Waals surface area contributed by atoms with Crippen LogP contribution in [0.2, 0.25) is 5.02 Å². The van der Waals surface area contributed by atoms with Crippen molar-refractivity contribution in [2.75, 3.05) is 48.0 Å². The van der Waals surface area contributed by atoms with Crippen LogP contribution in [0, 0.1) is 0 Å². The first-order valence-electron chi connectivity index (χ1n) is 10.8. The number of rotatable bonds is 9. The Morgan fingerprint density at radius 3 is 2.44 bits per heavy atom. The molecule has 1 saturated heterocycles. The van der Waals surface area contributed by atoms with Gasteiger partial charge in [-0.1, -0.05) is 23.7 Å². The van der Waals surface area contributed by atoms with E-state index in [2.05, 4.69) is 0 Å². The van der Waals surface area contributed by atoms with Gasteiger partial charge in [-0.15, -0.1) is 0 Å². The Labute approximate surface area is 204 Å². The summed E-state index contributed by atoms with van der Waals surface area (Å²) < 4.78 is 16.5. The number of ketones is 1. The lowest BCUT2D eigenvalue weighted by Gasteiger charge is -2.28. The Balaban J connectivity index is 2.22. The second kappa shape index (κ2) is 10.8. The molecule has 1 N–H and O–H groups in total. The fraction of sp³-hybridized carbons (Fsp3) is 0.360. The number of carbonyl (C=O) groups excluding carboxylic acids is 2. The maximum absolute atomic E-state index is 13.2. The average Bonchev–Trinajstić information content (AvgIpc) is 3.07. The molecule has 3 rings (SSSR count). The molecule has 34 heavy (non-hydrogen) atoms. The Morgan fingerprint density at radius 1 is 1.12 bits per heavy atom. The van der Waals surface area contributed by atoms with E-state index in [1.54, 1.807) is 30.3 Å². The monoisotopic (exact) mass is 488 g/mol. The first kappa shape index (κ1) is 25.4. The first-order valence-corrected chi connectivity index (χ1v) is 11.2. The Bertz CT molecular complexity index is 1110. The minimum Gasteiger partial charge on any atom is -0.507 e. The molecule has 8 nitrogen and oxygen atoms in total. The second-order valence-electron chi connectivity index (χ2n) is 7.96. The van der Waals surface area contributed by atoms with Gasteiger partial charge in [-0.3, -0.25) is 9.59 Å². The number of Topliss-reactive ketones (excluding diaryl/α,β-unsaturated/α-hetero) is 1. The zero-order chi connectivity index (χ0) is 25.0. The van der Waals surface area contributed by atoms with Crippen molar-refractivity contribution < 1.29 is 28.9 Å². The number of amides is 1. The van der Waals surface area contributed by atoms with E-state index in [-0.39, 0.29) is 22.9 Å². The van der Waals surface area contributed by atoms with E-state index in [9.17, 15) is 14.7 Å². The topological polar surface area (TPSA) is 88.5 Å². The van der Waals surface area contributed by atoms with Gasteiger partial charge in [0.2, 0.25) is 0 Å². The third-order valence-electron chi connectivity index (χ3n) is 5.56. The first-order chi connectivity index (χ1) is 16.2. The Hall–Kier alpha value is -3.23. The van der Waals surface area contributed by atoms with E-state index in [0.717, 1.165) is 0 Å². The number of aliphatic hydroxyl groups is 1. The summed E-state index contributed by atoms with van der Waals surface area (Å²) in [6.07, 6.45) is 0. The van der Waals surface area contributed by atoms with Gasteiger partial charge in [0.05, 0.1) is 37.5 Å². The molecule has 0 aromatic heterocycles. The number of likely N-dealkylation sites (tertiary alicyclic amines) is 1. The van der Waals surface area contributed by atoms with Gasteiger partial charge < -0.3 is 29.1 Å². The molecule has 1 fully saturated rings. The number of carbonyl (C=O) groups is 2. The van der Waals surface area contributed by atoms with E-state index >= 15 is 0 Å². The number of methoxy groups -OCH3 is 2. The Kier molecular flexibility index (Phi) is 8.06. The van der Waals surface area contributed by atoms with Crippen molar-refractivity contribution in [3.05, 3.63) is 58.1 Å². The number of hydrogen-bond acceptors (Lipinski definition) is 7. The molecule has 1 atom stereocenters. The summed E-state index contributed by atoms with van der Waals surface area (Å²) in [5.41, 5.74) is 0.778. The van der Waals surface area contributed by atoms with Crippen molar-refractivity contribution in [1.82, 2.24) is 9.80 Å².